The van der Waals surface area contributed by atoms with E-state index in [1.807, 2.05) is 6.92 Å². The third-order valence-corrected chi connectivity index (χ3v) is 2.95. The molecule has 1 N–H and O–H groups in total. The molecule has 0 aliphatic carbocycles. The van der Waals surface area contributed by atoms with Crippen molar-refractivity contribution in [1.82, 2.24) is 20.1 Å². The van der Waals surface area contributed by atoms with Gasteiger partial charge in [0.1, 0.15) is 11.6 Å². The van der Waals surface area contributed by atoms with Gasteiger partial charge in [-0.05, 0) is 26.7 Å². The van der Waals surface area contributed by atoms with Gasteiger partial charge in [0.2, 0.25) is 0 Å². The fourth-order valence-electron chi connectivity index (χ4n) is 2.03. The molecule has 0 fully saturated rings. The number of aryl methyl sites for hydroxylation is 1. The van der Waals surface area contributed by atoms with Crippen LogP contribution >= 0.6 is 0 Å². The van der Waals surface area contributed by atoms with E-state index >= 15 is 0 Å². The van der Waals surface area contributed by atoms with Crippen LogP contribution in [0.2, 0.25) is 0 Å². The SMILES string of the molecule is CC#CCN[C@@H](C)c1nnc2n1CCCC2. The van der Waals surface area contributed by atoms with Crippen molar-refractivity contribution in [2.45, 2.75) is 45.7 Å². The summed E-state index contributed by atoms with van der Waals surface area (Å²) in [6, 6.07) is 0.222. The predicted molar refractivity (Wildman–Crippen MR) is 62.8 cm³/mol. The third kappa shape index (κ3) is 2.25. The zero-order valence-corrected chi connectivity index (χ0v) is 9.95. The Morgan fingerprint density at radius 1 is 1.44 bits per heavy atom. The predicted octanol–water partition coefficient (Wildman–Crippen LogP) is 1.29. The first-order valence-corrected chi connectivity index (χ1v) is 5.88. The van der Waals surface area contributed by atoms with E-state index in [9.17, 15) is 0 Å². The highest BCUT2D eigenvalue weighted by Crippen LogP contribution is 2.18. The first kappa shape index (κ1) is 11.2. The second-order valence-corrected chi connectivity index (χ2v) is 4.11. The Labute approximate surface area is 96.5 Å². The van der Waals surface area contributed by atoms with Crippen LogP contribution in [0.3, 0.4) is 0 Å². The van der Waals surface area contributed by atoms with Gasteiger partial charge in [0.25, 0.3) is 0 Å². The van der Waals surface area contributed by atoms with E-state index in [1.165, 1.54) is 12.8 Å². The molecule has 0 spiro atoms. The molecule has 0 saturated carbocycles. The van der Waals surface area contributed by atoms with E-state index in [1.54, 1.807) is 0 Å². The first-order valence-electron chi connectivity index (χ1n) is 5.88. The molecule has 1 aliphatic heterocycles. The van der Waals surface area contributed by atoms with Crippen LogP contribution in [0.5, 0.6) is 0 Å². The zero-order valence-electron chi connectivity index (χ0n) is 9.95. The summed E-state index contributed by atoms with van der Waals surface area (Å²) in [7, 11) is 0. The second kappa shape index (κ2) is 5.13. The molecule has 1 aromatic rings. The first-order chi connectivity index (χ1) is 7.83. The van der Waals surface area contributed by atoms with Gasteiger partial charge < -0.3 is 4.57 Å². The molecule has 1 aliphatic rings. The topological polar surface area (TPSA) is 42.7 Å². The zero-order chi connectivity index (χ0) is 11.4. The summed E-state index contributed by atoms with van der Waals surface area (Å²) in [6.07, 6.45) is 3.54. The largest absolute Gasteiger partial charge is 0.314 e. The average molecular weight is 218 g/mol. The molecule has 4 heteroatoms. The molecule has 0 unspecified atom stereocenters. The maximum atomic E-state index is 4.28. The van der Waals surface area contributed by atoms with Crippen LogP contribution in [-0.2, 0) is 13.0 Å². The normalized spacial score (nSPS) is 16.1. The molecular weight excluding hydrogens is 200 g/mol. The van der Waals surface area contributed by atoms with Crippen molar-refractivity contribution < 1.29 is 0 Å². The molecular formula is C12H18N4. The van der Waals surface area contributed by atoms with Crippen molar-refractivity contribution in [3.05, 3.63) is 11.6 Å². The molecule has 16 heavy (non-hydrogen) atoms. The standard InChI is InChI=1S/C12H18N4/c1-3-4-8-13-10(2)12-15-14-11-7-5-6-9-16(11)12/h10,13H,5-9H2,1-2H3/t10-/m0/s1. The number of hydrogen-bond acceptors (Lipinski definition) is 3. The van der Waals surface area contributed by atoms with Crippen LogP contribution in [0, 0.1) is 11.8 Å². The molecule has 0 saturated heterocycles. The lowest BCUT2D eigenvalue weighted by Crippen LogP contribution is -2.24. The molecule has 1 aromatic heterocycles. The van der Waals surface area contributed by atoms with Crippen molar-refractivity contribution in [3.8, 4) is 11.8 Å². The van der Waals surface area contributed by atoms with E-state index in [4.69, 9.17) is 0 Å². The quantitative estimate of drug-likeness (QED) is 0.777. The maximum absolute atomic E-state index is 4.28. The Morgan fingerprint density at radius 2 is 2.31 bits per heavy atom. The van der Waals surface area contributed by atoms with E-state index in [-0.39, 0.29) is 6.04 Å². The Kier molecular flexibility index (Phi) is 3.58. The lowest BCUT2D eigenvalue weighted by atomic mass is 10.1. The molecule has 0 amide bonds. The summed E-state index contributed by atoms with van der Waals surface area (Å²) < 4.78 is 2.25. The Hall–Kier alpha value is -1.34. The number of hydrogen-bond donors (Lipinski definition) is 1. The summed E-state index contributed by atoms with van der Waals surface area (Å²) in [5, 5.41) is 11.9. The number of nitrogens with one attached hydrogen (secondary N) is 1. The maximum Gasteiger partial charge on any atom is 0.149 e. The molecule has 2 heterocycles. The number of aromatic nitrogens is 3. The monoisotopic (exact) mass is 218 g/mol. The van der Waals surface area contributed by atoms with Crippen molar-refractivity contribution >= 4 is 0 Å². The lowest BCUT2D eigenvalue weighted by Gasteiger charge is -2.18. The van der Waals surface area contributed by atoms with Crippen molar-refractivity contribution in [2.24, 2.45) is 0 Å². The highest BCUT2D eigenvalue weighted by atomic mass is 15.3. The molecule has 4 nitrogen and oxygen atoms in total. The van der Waals surface area contributed by atoms with E-state index < -0.39 is 0 Å². The molecule has 1 atom stereocenters. The van der Waals surface area contributed by atoms with Crippen molar-refractivity contribution in [2.75, 3.05) is 6.54 Å². The summed E-state index contributed by atoms with van der Waals surface area (Å²) in [4.78, 5) is 0. The molecule has 0 aromatic carbocycles. The summed E-state index contributed by atoms with van der Waals surface area (Å²) in [5.41, 5.74) is 0. The van der Waals surface area contributed by atoms with Gasteiger partial charge in [0, 0.05) is 13.0 Å². The number of nitrogens with zero attached hydrogens (tertiary/aromatic N) is 3. The van der Waals surface area contributed by atoms with Gasteiger partial charge in [0.05, 0.1) is 12.6 Å². The van der Waals surface area contributed by atoms with Gasteiger partial charge in [0.15, 0.2) is 0 Å². The minimum Gasteiger partial charge on any atom is -0.314 e. The highest BCUT2D eigenvalue weighted by molar-refractivity contribution is 5.04. The van der Waals surface area contributed by atoms with E-state index in [0.29, 0.717) is 6.54 Å². The lowest BCUT2D eigenvalue weighted by molar-refractivity contribution is 0.475. The van der Waals surface area contributed by atoms with Gasteiger partial charge in [-0.15, -0.1) is 16.1 Å². The van der Waals surface area contributed by atoms with E-state index in [2.05, 4.69) is 38.8 Å². The molecule has 2 rings (SSSR count). The minimum atomic E-state index is 0.222. The van der Waals surface area contributed by atoms with Gasteiger partial charge >= 0.3 is 0 Å². The Morgan fingerprint density at radius 3 is 3.12 bits per heavy atom. The van der Waals surface area contributed by atoms with Crippen LogP contribution in [0.15, 0.2) is 0 Å². The van der Waals surface area contributed by atoms with Gasteiger partial charge in [-0.1, -0.05) is 5.92 Å². The summed E-state index contributed by atoms with van der Waals surface area (Å²) in [5.74, 6) is 8.06. The van der Waals surface area contributed by atoms with Crippen LogP contribution in [0.25, 0.3) is 0 Å². The Balaban J connectivity index is 2.07. The molecule has 0 radical (unpaired) electrons. The van der Waals surface area contributed by atoms with Crippen molar-refractivity contribution in [1.29, 1.82) is 0 Å². The fraction of sp³-hybridized carbons (Fsp3) is 0.667. The average Bonchev–Trinajstić information content (AvgIpc) is 2.73. The third-order valence-electron chi connectivity index (χ3n) is 2.95. The Bertz CT molecular complexity index is 410. The molecule has 0 bridgehead atoms. The van der Waals surface area contributed by atoms with Crippen LogP contribution < -0.4 is 5.32 Å². The van der Waals surface area contributed by atoms with Crippen LogP contribution in [0.4, 0.5) is 0 Å². The number of rotatable bonds is 3. The smallest absolute Gasteiger partial charge is 0.149 e. The van der Waals surface area contributed by atoms with Crippen LogP contribution in [-0.4, -0.2) is 21.3 Å². The van der Waals surface area contributed by atoms with Gasteiger partial charge in [-0.2, -0.15) is 0 Å². The van der Waals surface area contributed by atoms with Crippen LogP contribution in [0.1, 0.15) is 44.4 Å². The summed E-state index contributed by atoms with van der Waals surface area (Å²) >= 11 is 0. The van der Waals surface area contributed by atoms with Crippen molar-refractivity contribution in [3.63, 3.8) is 0 Å². The van der Waals surface area contributed by atoms with Gasteiger partial charge in [-0.3, -0.25) is 5.32 Å². The second-order valence-electron chi connectivity index (χ2n) is 4.11. The minimum absolute atomic E-state index is 0.222. The number of fused-ring (bicyclic) bond motifs is 1. The van der Waals surface area contributed by atoms with E-state index in [0.717, 1.165) is 24.6 Å². The van der Waals surface area contributed by atoms with Gasteiger partial charge in [-0.25, -0.2) is 0 Å². The summed E-state index contributed by atoms with van der Waals surface area (Å²) in [6.45, 7) is 5.73. The molecule has 86 valence electrons. The fourth-order valence-corrected chi connectivity index (χ4v) is 2.03. The highest BCUT2D eigenvalue weighted by Gasteiger charge is 2.19.